The molecule has 7 nitrogen and oxygen atoms in total. The monoisotopic (exact) mass is 382 g/mol. The highest BCUT2D eigenvalue weighted by molar-refractivity contribution is 7.90. The fourth-order valence-corrected chi connectivity index (χ4v) is 4.24. The van der Waals surface area contributed by atoms with Crippen molar-refractivity contribution in [3.63, 3.8) is 0 Å². The lowest BCUT2D eigenvalue weighted by Gasteiger charge is -2.29. The van der Waals surface area contributed by atoms with E-state index in [2.05, 4.69) is 11.9 Å². The average molecular weight is 382 g/mol. The third kappa shape index (κ3) is 5.28. The first-order chi connectivity index (χ1) is 12.5. The van der Waals surface area contributed by atoms with Crippen LogP contribution in [-0.4, -0.2) is 50.9 Å². The molecule has 1 aliphatic heterocycles. The van der Waals surface area contributed by atoms with Gasteiger partial charge in [-0.3, -0.25) is 9.10 Å². The Morgan fingerprint density at radius 2 is 1.88 bits per heavy atom. The van der Waals surface area contributed by atoms with Crippen LogP contribution in [0.4, 0.5) is 5.69 Å². The Labute approximate surface area is 155 Å². The maximum atomic E-state index is 13.0. The van der Waals surface area contributed by atoms with Crippen molar-refractivity contribution in [3.8, 4) is 0 Å². The third-order valence-electron chi connectivity index (χ3n) is 3.89. The van der Waals surface area contributed by atoms with Gasteiger partial charge in [0.25, 0.3) is 10.0 Å². The summed E-state index contributed by atoms with van der Waals surface area (Å²) in [7, 11) is -3.67. The Morgan fingerprint density at radius 1 is 1.15 bits per heavy atom. The number of ether oxygens (including phenoxy) is 2. The first-order valence-electron chi connectivity index (χ1n) is 8.87. The van der Waals surface area contributed by atoms with Crippen LogP contribution in [-0.2, 0) is 24.3 Å². The zero-order valence-corrected chi connectivity index (χ0v) is 16.1. The van der Waals surface area contributed by atoms with E-state index in [0.29, 0.717) is 31.2 Å². The van der Waals surface area contributed by atoms with Crippen LogP contribution in [0, 0.1) is 0 Å². The number of esters is 1. The van der Waals surface area contributed by atoms with Crippen molar-refractivity contribution in [1.82, 2.24) is 4.31 Å². The van der Waals surface area contributed by atoms with Gasteiger partial charge in [-0.05, 0) is 25.0 Å². The summed E-state index contributed by atoms with van der Waals surface area (Å²) in [5, 5.41) is 0. The van der Waals surface area contributed by atoms with Crippen LogP contribution in [0.3, 0.4) is 0 Å². The molecular weight excluding hydrogens is 356 g/mol. The lowest BCUT2D eigenvalue weighted by atomic mass is 10.3. The molecule has 8 heteroatoms. The van der Waals surface area contributed by atoms with E-state index < -0.39 is 16.0 Å². The number of carbonyl (C=O) groups is 1. The predicted molar refractivity (Wildman–Crippen MR) is 99.0 cm³/mol. The second-order valence-corrected chi connectivity index (χ2v) is 7.81. The molecule has 0 amide bonds. The van der Waals surface area contributed by atoms with Crippen molar-refractivity contribution < 1.29 is 22.7 Å². The van der Waals surface area contributed by atoms with Crippen LogP contribution < -0.4 is 0 Å². The largest absolute Gasteiger partial charge is 0.465 e. The fourth-order valence-electron chi connectivity index (χ4n) is 2.59. The van der Waals surface area contributed by atoms with Gasteiger partial charge in [0.15, 0.2) is 0 Å². The van der Waals surface area contributed by atoms with Crippen molar-refractivity contribution in [1.29, 1.82) is 0 Å². The van der Waals surface area contributed by atoms with Crippen molar-refractivity contribution >= 4 is 27.5 Å². The normalized spacial score (nSPS) is 15.3. The van der Waals surface area contributed by atoms with Crippen LogP contribution in [0.2, 0.25) is 0 Å². The summed E-state index contributed by atoms with van der Waals surface area (Å²) in [4.78, 5) is 15.7. The Morgan fingerprint density at radius 3 is 2.62 bits per heavy atom. The van der Waals surface area contributed by atoms with Crippen LogP contribution in [0.15, 0.2) is 34.2 Å². The van der Waals surface area contributed by atoms with Crippen molar-refractivity contribution in [3.05, 3.63) is 24.3 Å². The molecule has 0 fully saturated rings. The molecule has 1 heterocycles. The number of para-hydroxylation sites is 1. The van der Waals surface area contributed by atoms with Gasteiger partial charge in [-0.1, -0.05) is 25.5 Å². The molecule has 1 aliphatic rings. The van der Waals surface area contributed by atoms with Crippen molar-refractivity contribution in [2.75, 3.05) is 26.4 Å². The Kier molecular flexibility index (Phi) is 7.59. The summed E-state index contributed by atoms with van der Waals surface area (Å²) in [5.74, 6) is -0.0148. The van der Waals surface area contributed by atoms with Gasteiger partial charge >= 0.3 is 5.97 Å². The maximum Gasteiger partial charge on any atom is 0.302 e. The molecule has 0 atom stereocenters. The minimum atomic E-state index is -3.67. The van der Waals surface area contributed by atoms with Gasteiger partial charge in [0.05, 0.1) is 12.3 Å². The molecule has 1 aromatic rings. The quantitative estimate of drug-likeness (QED) is 0.459. The Bertz CT molecular complexity index is 746. The molecular formula is C18H26N2O5S. The van der Waals surface area contributed by atoms with Crippen molar-refractivity contribution in [2.24, 2.45) is 4.99 Å². The molecule has 2 rings (SSSR count). The van der Waals surface area contributed by atoms with Gasteiger partial charge in [-0.15, -0.1) is 0 Å². The van der Waals surface area contributed by atoms with Gasteiger partial charge < -0.3 is 9.47 Å². The summed E-state index contributed by atoms with van der Waals surface area (Å²) < 4.78 is 37.7. The summed E-state index contributed by atoms with van der Waals surface area (Å²) >= 11 is 0. The third-order valence-corrected chi connectivity index (χ3v) is 5.77. The highest BCUT2D eigenvalue weighted by Gasteiger charge is 2.33. The number of carbonyl (C=O) groups excluding carboxylic acids is 1. The fraction of sp³-hybridized carbons (Fsp3) is 0.556. The molecule has 144 valence electrons. The number of fused-ring (bicyclic) bond motifs is 1. The number of aliphatic imine (C=N–C) groups is 1. The lowest BCUT2D eigenvalue weighted by Crippen LogP contribution is -2.40. The van der Waals surface area contributed by atoms with Crippen molar-refractivity contribution in [2.45, 2.75) is 44.4 Å². The Balaban J connectivity index is 2.11. The first-order valence-corrected chi connectivity index (χ1v) is 10.3. The number of amidine groups is 1. The van der Waals surface area contributed by atoms with E-state index >= 15 is 0 Å². The summed E-state index contributed by atoms with van der Waals surface area (Å²) in [6, 6.07) is 6.66. The lowest BCUT2D eigenvalue weighted by molar-refractivity contribution is -0.140. The average Bonchev–Trinajstić information content (AvgIpc) is 2.59. The smallest absolute Gasteiger partial charge is 0.302 e. The zero-order chi connectivity index (χ0) is 19.0. The second-order valence-electron chi connectivity index (χ2n) is 5.98. The van der Waals surface area contributed by atoms with E-state index in [9.17, 15) is 13.2 Å². The molecule has 0 bridgehead atoms. The number of sulfonamides is 1. The molecule has 0 radical (unpaired) electrons. The predicted octanol–water partition coefficient (Wildman–Crippen LogP) is 2.88. The van der Waals surface area contributed by atoms with Crippen LogP contribution in [0.1, 0.15) is 39.5 Å². The number of benzene rings is 1. The molecule has 0 aliphatic carbocycles. The zero-order valence-electron chi connectivity index (χ0n) is 15.3. The molecule has 0 spiro atoms. The van der Waals surface area contributed by atoms with E-state index in [1.807, 2.05) is 0 Å². The molecule has 1 aromatic carbocycles. The number of unbranched alkanes of at least 4 members (excludes halogenated alkanes) is 1. The summed E-state index contributed by atoms with van der Waals surface area (Å²) in [6.45, 7) is 4.95. The van der Waals surface area contributed by atoms with E-state index in [0.717, 1.165) is 12.8 Å². The molecule has 0 unspecified atom stereocenters. The number of hydrogen-bond acceptors (Lipinski definition) is 6. The Hall–Kier alpha value is -1.93. The van der Waals surface area contributed by atoms with Gasteiger partial charge in [0, 0.05) is 33.1 Å². The molecule has 0 aromatic heterocycles. The van der Waals surface area contributed by atoms with Gasteiger partial charge in [-0.25, -0.2) is 13.4 Å². The number of nitrogens with zero attached hydrogens (tertiary/aromatic N) is 2. The van der Waals surface area contributed by atoms with Crippen LogP contribution in [0.5, 0.6) is 0 Å². The van der Waals surface area contributed by atoms with Crippen LogP contribution in [0.25, 0.3) is 0 Å². The highest BCUT2D eigenvalue weighted by atomic mass is 32.2. The molecule has 0 saturated heterocycles. The maximum absolute atomic E-state index is 13.0. The SMILES string of the molecule is CCCCOCCCN1C(CCOC(C)=O)=Nc2ccccc2S1(=O)=O. The molecule has 0 N–H and O–H groups in total. The topological polar surface area (TPSA) is 85.3 Å². The minimum absolute atomic E-state index is 0.0926. The molecule has 0 saturated carbocycles. The first kappa shape index (κ1) is 20.4. The van der Waals surface area contributed by atoms with Crippen LogP contribution >= 0.6 is 0 Å². The van der Waals surface area contributed by atoms with Gasteiger partial charge in [-0.2, -0.15) is 0 Å². The summed E-state index contributed by atoms with van der Waals surface area (Å²) in [6.07, 6.45) is 2.86. The van der Waals surface area contributed by atoms with E-state index in [1.165, 1.54) is 11.2 Å². The highest BCUT2D eigenvalue weighted by Crippen LogP contribution is 2.32. The summed E-state index contributed by atoms with van der Waals surface area (Å²) in [5.41, 5.74) is 0.417. The molecule has 26 heavy (non-hydrogen) atoms. The number of hydrogen-bond donors (Lipinski definition) is 0. The van der Waals surface area contributed by atoms with E-state index in [-0.39, 0.29) is 24.5 Å². The minimum Gasteiger partial charge on any atom is -0.465 e. The standard InChI is InChI=1S/C18H26N2O5S/c1-3-4-12-24-13-7-11-20-18(10-14-25-15(2)21)19-16-8-5-6-9-17(16)26(20,22)23/h5-6,8-9H,3-4,7,10-14H2,1-2H3. The van der Waals surface area contributed by atoms with Gasteiger partial charge in [0.2, 0.25) is 0 Å². The second kappa shape index (κ2) is 9.68. The van der Waals surface area contributed by atoms with E-state index in [4.69, 9.17) is 9.47 Å². The number of rotatable bonds is 10. The van der Waals surface area contributed by atoms with Gasteiger partial charge in [0.1, 0.15) is 10.7 Å². The van der Waals surface area contributed by atoms with E-state index in [1.54, 1.807) is 24.3 Å².